The Morgan fingerprint density at radius 2 is 1.83 bits per heavy atom. The van der Waals surface area contributed by atoms with Crippen molar-refractivity contribution in [3.05, 3.63) is 83.3 Å². The van der Waals surface area contributed by atoms with Gasteiger partial charge in [-0.15, -0.1) is 0 Å². The van der Waals surface area contributed by atoms with Crippen LogP contribution in [0.4, 0.5) is 0 Å². The minimum atomic E-state index is 0.307. The Hall–Kier alpha value is -2.48. The number of halogens is 1. The lowest BCUT2D eigenvalue weighted by molar-refractivity contribution is 0.0786. The van der Waals surface area contributed by atoms with Gasteiger partial charge in [0.05, 0.1) is 10.7 Å². The zero-order valence-electron chi connectivity index (χ0n) is 19.7. The van der Waals surface area contributed by atoms with Crippen molar-refractivity contribution in [3.8, 4) is 0 Å². The number of hydrogen-bond donors (Lipinski definition) is 0. The van der Waals surface area contributed by atoms with Gasteiger partial charge in [-0.1, -0.05) is 41.9 Å². The Labute approximate surface area is 215 Å². The minimum absolute atomic E-state index is 0.307. The van der Waals surface area contributed by atoms with Crippen LogP contribution in [-0.4, -0.2) is 41.2 Å². The van der Waals surface area contributed by atoms with E-state index < -0.39 is 0 Å². The molecular formula is C27H30ClN3O3S. The van der Waals surface area contributed by atoms with E-state index >= 15 is 0 Å². The highest BCUT2D eigenvalue weighted by Crippen LogP contribution is 2.41. The van der Waals surface area contributed by atoms with Crippen molar-refractivity contribution in [2.75, 3.05) is 26.3 Å². The lowest BCUT2D eigenvalue weighted by Crippen LogP contribution is -2.33. The molecule has 0 spiro atoms. The lowest BCUT2D eigenvalue weighted by Gasteiger charge is -2.33. The fourth-order valence-corrected chi connectivity index (χ4v) is 5.52. The summed E-state index contributed by atoms with van der Waals surface area (Å²) in [6.07, 6.45) is 5.49. The van der Waals surface area contributed by atoms with Gasteiger partial charge in [0.1, 0.15) is 11.6 Å². The van der Waals surface area contributed by atoms with Gasteiger partial charge in [0, 0.05) is 44.3 Å². The number of likely N-dealkylation sites (tertiary alicyclic amines) is 1. The van der Waals surface area contributed by atoms with Crippen LogP contribution in [-0.2, 0) is 16.1 Å². The monoisotopic (exact) mass is 511 g/mol. The molecule has 1 aromatic carbocycles. The Morgan fingerprint density at radius 1 is 1.06 bits per heavy atom. The maximum atomic E-state index is 6.37. The van der Waals surface area contributed by atoms with Gasteiger partial charge in [-0.05, 0) is 61.7 Å². The zero-order valence-corrected chi connectivity index (χ0v) is 21.3. The fraction of sp³-hybridized carbons (Fsp3) is 0.407. The molecule has 6 nitrogen and oxygen atoms in total. The highest BCUT2D eigenvalue weighted by Gasteiger charge is 2.30. The van der Waals surface area contributed by atoms with E-state index in [1.165, 1.54) is 11.8 Å². The molecule has 0 saturated carbocycles. The van der Waals surface area contributed by atoms with E-state index in [4.69, 9.17) is 30.5 Å². The molecule has 0 unspecified atom stereocenters. The van der Waals surface area contributed by atoms with E-state index in [9.17, 15) is 0 Å². The van der Waals surface area contributed by atoms with Crippen molar-refractivity contribution < 1.29 is 13.9 Å². The van der Waals surface area contributed by atoms with Crippen molar-refractivity contribution in [2.24, 2.45) is 0 Å². The lowest BCUT2D eigenvalue weighted by atomic mass is 9.94. The molecule has 0 N–H and O–H groups in total. The van der Waals surface area contributed by atoms with E-state index in [2.05, 4.69) is 28.6 Å². The highest BCUT2D eigenvalue weighted by molar-refractivity contribution is 7.99. The average Bonchev–Trinajstić information content (AvgIpc) is 3.33. The molecule has 2 aliphatic heterocycles. The molecule has 8 heteroatoms. The third-order valence-corrected chi connectivity index (χ3v) is 7.74. The molecule has 0 bridgehead atoms. The molecule has 0 amide bonds. The Morgan fingerprint density at radius 3 is 2.54 bits per heavy atom. The second-order valence-electron chi connectivity index (χ2n) is 8.96. The van der Waals surface area contributed by atoms with Gasteiger partial charge in [0.2, 0.25) is 0 Å². The van der Waals surface area contributed by atoms with Gasteiger partial charge in [0.15, 0.2) is 16.9 Å². The van der Waals surface area contributed by atoms with E-state index in [-0.39, 0.29) is 0 Å². The molecule has 184 valence electrons. The number of benzene rings is 1. The standard InChI is InChI=1S/C27H30ClN3O3S/c1-19(33-18-20-5-3-2-4-6-20)31-13-9-21(10-14-31)25-27(35-24-8-7-23(28)17-29-24)34-26(30-25)22-11-15-32-16-12-22/h2-8,17,21-22H,1,9-16,18H2. The van der Waals surface area contributed by atoms with Crippen molar-refractivity contribution in [1.82, 2.24) is 14.9 Å². The summed E-state index contributed by atoms with van der Waals surface area (Å²) in [5.41, 5.74) is 2.19. The Kier molecular flexibility index (Phi) is 7.96. The molecule has 5 rings (SSSR count). The second-order valence-corrected chi connectivity index (χ2v) is 10.4. The SMILES string of the molecule is C=C(OCc1ccccc1)N1CCC(c2nc(C3CCOCC3)oc2Sc2ccc(Cl)cn2)CC1. The van der Waals surface area contributed by atoms with Crippen LogP contribution in [0.25, 0.3) is 0 Å². The molecule has 0 aliphatic carbocycles. The first kappa shape index (κ1) is 24.2. The molecule has 3 aromatic rings. The summed E-state index contributed by atoms with van der Waals surface area (Å²) in [6, 6.07) is 14.0. The quantitative estimate of drug-likeness (QED) is 0.314. The molecule has 35 heavy (non-hydrogen) atoms. The molecule has 2 aliphatic rings. The second kappa shape index (κ2) is 11.5. The van der Waals surface area contributed by atoms with Gasteiger partial charge in [0.25, 0.3) is 0 Å². The van der Waals surface area contributed by atoms with Crippen LogP contribution >= 0.6 is 23.4 Å². The topological polar surface area (TPSA) is 60.6 Å². The van der Waals surface area contributed by atoms with Crippen molar-refractivity contribution in [2.45, 2.75) is 54.2 Å². The predicted molar refractivity (Wildman–Crippen MR) is 137 cm³/mol. The fourth-order valence-electron chi connectivity index (χ4n) is 4.54. The van der Waals surface area contributed by atoms with Crippen LogP contribution in [0.1, 0.15) is 54.7 Å². The number of rotatable bonds is 8. The number of aromatic nitrogens is 2. The normalized spacial score (nSPS) is 17.5. The summed E-state index contributed by atoms with van der Waals surface area (Å²) in [7, 11) is 0. The van der Waals surface area contributed by atoms with E-state index in [1.807, 2.05) is 30.3 Å². The van der Waals surface area contributed by atoms with Crippen LogP contribution in [0.15, 0.2) is 75.7 Å². The van der Waals surface area contributed by atoms with Crippen LogP contribution in [0.2, 0.25) is 5.02 Å². The van der Waals surface area contributed by atoms with Crippen LogP contribution in [0, 0.1) is 0 Å². The van der Waals surface area contributed by atoms with Gasteiger partial charge in [-0.3, -0.25) is 0 Å². The van der Waals surface area contributed by atoms with Crippen molar-refractivity contribution in [1.29, 1.82) is 0 Å². The molecule has 0 radical (unpaired) electrons. The first-order valence-electron chi connectivity index (χ1n) is 12.1. The Balaban J connectivity index is 1.26. The number of ether oxygens (including phenoxy) is 2. The third kappa shape index (κ3) is 6.21. The van der Waals surface area contributed by atoms with E-state index in [0.29, 0.717) is 23.5 Å². The summed E-state index contributed by atoms with van der Waals surface area (Å²) < 4.78 is 17.9. The maximum Gasteiger partial charge on any atom is 0.199 e. The van der Waals surface area contributed by atoms with E-state index in [1.54, 1.807) is 6.20 Å². The third-order valence-electron chi connectivity index (χ3n) is 6.59. The maximum absolute atomic E-state index is 6.37. The Bertz CT molecular complexity index is 1110. The smallest absolute Gasteiger partial charge is 0.199 e. The molecule has 0 atom stereocenters. The molecule has 2 saturated heterocycles. The molecular weight excluding hydrogens is 482 g/mol. The minimum Gasteiger partial charge on any atom is -0.475 e. The number of nitrogens with zero attached hydrogens (tertiary/aromatic N) is 3. The highest BCUT2D eigenvalue weighted by atomic mass is 35.5. The first-order valence-corrected chi connectivity index (χ1v) is 13.3. The molecule has 2 fully saturated rings. The number of pyridine rings is 1. The number of oxazole rings is 1. The van der Waals surface area contributed by atoms with Gasteiger partial charge in [-0.25, -0.2) is 9.97 Å². The van der Waals surface area contributed by atoms with Gasteiger partial charge >= 0.3 is 0 Å². The summed E-state index contributed by atoms with van der Waals surface area (Å²) in [6.45, 7) is 7.97. The summed E-state index contributed by atoms with van der Waals surface area (Å²) >= 11 is 7.56. The summed E-state index contributed by atoms with van der Waals surface area (Å²) in [5.74, 6) is 2.19. The van der Waals surface area contributed by atoms with Gasteiger partial charge in [-0.2, -0.15) is 0 Å². The molecule has 2 aromatic heterocycles. The summed E-state index contributed by atoms with van der Waals surface area (Å²) in [4.78, 5) is 11.7. The van der Waals surface area contributed by atoms with Gasteiger partial charge < -0.3 is 18.8 Å². The average molecular weight is 512 g/mol. The number of piperidine rings is 1. The molecule has 4 heterocycles. The van der Waals surface area contributed by atoms with Crippen LogP contribution < -0.4 is 0 Å². The van der Waals surface area contributed by atoms with E-state index in [0.717, 1.165) is 85.1 Å². The number of hydrogen-bond acceptors (Lipinski definition) is 7. The van der Waals surface area contributed by atoms with Crippen LogP contribution in [0.5, 0.6) is 0 Å². The predicted octanol–water partition coefficient (Wildman–Crippen LogP) is 6.64. The largest absolute Gasteiger partial charge is 0.475 e. The zero-order chi connectivity index (χ0) is 24.0. The van der Waals surface area contributed by atoms with Crippen molar-refractivity contribution in [3.63, 3.8) is 0 Å². The first-order chi connectivity index (χ1) is 17.2. The summed E-state index contributed by atoms with van der Waals surface area (Å²) in [5, 5.41) is 2.32. The van der Waals surface area contributed by atoms with Crippen molar-refractivity contribution >= 4 is 23.4 Å². The van der Waals surface area contributed by atoms with Crippen LogP contribution in [0.3, 0.4) is 0 Å².